The van der Waals surface area contributed by atoms with Gasteiger partial charge in [0.2, 0.25) is 0 Å². The van der Waals surface area contributed by atoms with Crippen LogP contribution < -0.4 is 0 Å². The normalized spacial score (nSPS) is 14.5. The Bertz CT molecular complexity index is 2360. The molecule has 0 amide bonds. The molecule has 0 radical (unpaired) electrons. The molecule has 0 aromatic heterocycles. The number of rotatable bonds is 75. The molecular weight excluding hydrogens is 1330 g/mol. The number of hydrogen-bond donors (Lipinski definition) is 3. The van der Waals surface area contributed by atoms with Gasteiger partial charge in [-0.1, -0.05) is 278 Å². The van der Waals surface area contributed by atoms with E-state index in [-0.39, 0.29) is 25.7 Å². The van der Waals surface area contributed by atoms with Gasteiger partial charge in [-0.15, -0.1) is 0 Å². The Morgan fingerprint density at radius 3 is 0.853 bits per heavy atom. The van der Waals surface area contributed by atoms with Crippen molar-refractivity contribution >= 4 is 39.5 Å². The third kappa shape index (κ3) is 74.0. The fourth-order valence-electron chi connectivity index (χ4n) is 10.6. The van der Waals surface area contributed by atoms with Gasteiger partial charge in [-0.3, -0.25) is 37.3 Å². The summed E-state index contributed by atoms with van der Waals surface area (Å²) in [5.41, 5.74) is 0. The largest absolute Gasteiger partial charge is 0.472 e. The molecule has 0 heterocycles. The summed E-state index contributed by atoms with van der Waals surface area (Å²) in [5, 5.41) is 10.6. The summed E-state index contributed by atoms with van der Waals surface area (Å²) in [6, 6.07) is 0. The molecule has 0 spiro atoms. The van der Waals surface area contributed by atoms with Crippen LogP contribution in [0.15, 0.2) is 109 Å². The van der Waals surface area contributed by atoms with Crippen LogP contribution in [-0.4, -0.2) is 96.7 Å². The van der Waals surface area contributed by atoms with Gasteiger partial charge >= 0.3 is 39.5 Å². The molecule has 17 nitrogen and oxygen atoms in total. The van der Waals surface area contributed by atoms with E-state index in [1.54, 1.807) is 0 Å². The van der Waals surface area contributed by atoms with Gasteiger partial charge in [-0.05, 0) is 141 Å². The maximum atomic E-state index is 13.1. The molecular formula is C83H144O17P2. The number of carbonyl (C=O) groups excluding carboxylic acids is 4. The van der Waals surface area contributed by atoms with Gasteiger partial charge in [0.25, 0.3) is 0 Å². The number of allylic oxidation sites excluding steroid dienone is 18. The van der Waals surface area contributed by atoms with Crippen LogP contribution in [-0.2, 0) is 65.4 Å². The lowest BCUT2D eigenvalue weighted by atomic mass is 10.1. The SMILES string of the molecule is CC/C=C\C/C=C\C/C=C\C/C=C\C/C=C\C/C=C\CCC(=O)O[C@H](COC(=O)CCCCCCC/C=C\CCCCCCCC)COP(=O)(O)OC[C@@H](O)COP(=O)(O)OC[C@@H](COC(=O)CCCCCCCCC/C=C\CCCCCC)OC(=O)CCCCCCC/C=C\CCCCCC. The summed E-state index contributed by atoms with van der Waals surface area (Å²) in [7, 11) is -9.98. The molecule has 2 unspecified atom stereocenters. The van der Waals surface area contributed by atoms with Crippen molar-refractivity contribution in [1.82, 2.24) is 0 Å². The molecule has 0 aliphatic heterocycles. The summed E-state index contributed by atoms with van der Waals surface area (Å²) < 4.78 is 68.5. The lowest BCUT2D eigenvalue weighted by Crippen LogP contribution is -2.30. The van der Waals surface area contributed by atoms with Crippen LogP contribution in [0.5, 0.6) is 0 Å². The van der Waals surface area contributed by atoms with E-state index in [0.717, 1.165) is 148 Å². The molecule has 0 saturated heterocycles. The van der Waals surface area contributed by atoms with Crippen molar-refractivity contribution in [2.75, 3.05) is 39.6 Å². The highest BCUT2D eigenvalue weighted by Gasteiger charge is 2.30. The average Bonchev–Trinajstić information content (AvgIpc) is 0.908. The Balaban J connectivity index is 5.43. The molecule has 19 heteroatoms. The lowest BCUT2D eigenvalue weighted by Gasteiger charge is -2.21. The summed E-state index contributed by atoms with van der Waals surface area (Å²) in [4.78, 5) is 72.9. The third-order valence-electron chi connectivity index (χ3n) is 16.7. The Morgan fingerprint density at radius 1 is 0.284 bits per heavy atom. The van der Waals surface area contributed by atoms with E-state index in [1.807, 2.05) is 18.2 Å². The second-order valence-electron chi connectivity index (χ2n) is 26.6. The first-order chi connectivity index (χ1) is 49.7. The first-order valence-corrected chi connectivity index (χ1v) is 43.1. The van der Waals surface area contributed by atoms with Gasteiger partial charge in [-0.2, -0.15) is 0 Å². The van der Waals surface area contributed by atoms with Gasteiger partial charge in [0.15, 0.2) is 12.2 Å². The standard InChI is InChI=1S/C83H144O17P2/c1-5-9-13-17-21-25-29-33-36-37-38-39-42-46-50-54-58-62-66-70-83(88)100-79(74-94-81(86)68-64-60-56-52-48-45-41-35-31-27-23-19-15-11-7-3)76-98-102(91,92)96-72-77(84)71-95-101(89,90)97-75-78(99-82(87)69-65-61-57-53-49-43-32-28-24-20-16-12-8-4)73-93-80(85)67-63-59-55-51-47-44-40-34-30-26-22-18-14-10-6-2/h9,13,21,25-26,28,30,32-33,35-36,38-39,41,46,50,58,62,77-79,84H,5-8,10-12,14-20,22-24,27,29,31,34,37,40,42-45,47-49,51-57,59-61,63-76H2,1-4H3,(H,89,90)(H,91,92)/b13-9-,25-21-,30-26-,32-28-,36-33-,39-38-,41-35-,50-46-,62-58-/t77-,78+,79+/m0/s1. The van der Waals surface area contributed by atoms with Crippen molar-refractivity contribution in [3.8, 4) is 0 Å². The maximum absolute atomic E-state index is 13.1. The van der Waals surface area contributed by atoms with Gasteiger partial charge in [0.05, 0.1) is 26.4 Å². The molecule has 0 aromatic rings. The Labute approximate surface area is 619 Å². The summed E-state index contributed by atoms with van der Waals surface area (Å²) in [6.45, 7) is 4.65. The van der Waals surface area contributed by atoms with Crippen molar-refractivity contribution < 1.29 is 80.2 Å². The number of aliphatic hydroxyl groups is 1. The van der Waals surface area contributed by atoms with E-state index < -0.39 is 97.5 Å². The van der Waals surface area contributed by atoms with Crippen LogP contribution in [0.3, 0.4) is 0 Å². The maximum Gasteiger partial charge on any atom is 0.472 e. The Morgan fingerprint density at radius 2 is 0.529 bits per heavy atom. The predicted octanol–water partition coefficient (Wildman–Crippen LogP) is 23.3. The molecule has 0 rings (SSSR count). The zero-order chi connectivity index (χ0) is 74.6. The smallest absolute Gasteiger partial charge is 0.462 e. The Hall–Kier alpha value is -4.28. The zero-order valence-corrected chi connectivity index (χ0v) is 66.0. The molecule has 0 aromatic carbocycles. The van der Waals surface area contributed by atoms with Gasteiger partial charge in [-0.25, -0.2) is 9.13 Å². The molecule has 102 heavy (non-hydrogen) atoms. The number of carbonyl (C=O) groups is 4. The van der Waals surface area contributed by atoms with Gasteiger partial charge in [0, 0.05) is 25.7 Å². The Kier molecular flexibility index (Phi) is 71.8. The van der Waals surface area contributed by atoms with E-state index in [9.17, 15) is 43.2 Å². The number of esters is 4. The van der Waals surface area contributed by atoms with Gasteiger partial charge < -0.3 is 33.8 Å². The second-order valence-corrected chi connectivity index (χ2v) is 29.5. The molecule has 0 fully saturated rings. The van der Waals surface area contributed by atoms with Crippen molar-refractivity contribution in [2.45, 2.75) is 354 Å². The summed E-state index contributed by atoms with van der Waals surface area (Å²) >= 11 is 0. The van der Waals surface area contributed by atoms with E-state index in [1.165, 1.54) is 103 Å². The number of aliphatic hydroxyl groups excluding tert-OH is 1. The minimum atomic E-state index is -5.00. The van der Waals surface area contributed by atoms with Crippen LogP contribution in [0.1, 0.15) is 336 Å². The molecule has 588 valence electrons. The minimum absolute atomic E-state index is 0.0325. The molecule has 3 N–H and O–H groups in total. The van der Waals surface area contributed by atoms with Crippen molar-refractivity contribution in [2.24, 2.45) is 0 Å². The number of hydrogen-bond acceptors (Lipinski definition) is 15. The first-order valence-electron chi connectivity index (χ1n) is 40.1. The average molecular weight is 1480 g/mol. The van der Waals surface area contributed by atoms with Crippen LogP contribution >= 0.6 is 15.6 Å². The monoisotopic (exact) mass is 1470 g/mol. The minimum Gasteiger partial charge on any atom is -0.462 e. The highest BCUT2D eigenvalue weighted by Crippen LogP contribution is 2.45. The van der Waals surface area contributed by atoms with Crippen molar-refractivity contribution in [3.05, 3.63) is 109 Å². The highest BCUT2D eigenvalue weighted by atomic mass is 31.2. The van der Waals surface area contributed by atoms with E-state index in [4.69, 9.17) is 37.0 Å². The highest BCUT2D eigenvalue weighted by molar-refractivity contribution is 7.47. The molecule has 0 aliphatic carbocycles. The number of phosphoric ester groups is 2. The fourth-order valence-corrected chi connectivity index (χ4v) is 12.2. The molecule has 0 aliphatic rings. The van der Waals surface area contributed by atoms with E-state index in [2.05, 4.69) is 119 Å². The van der Waals surface area contributed by atoms with Crippen LogP contribution in [0, 0.1) is 0 Å². The fraction of sp³-hybridized carbons (Fsp3) is 0.735. The lowest BCUT2D eigenvalue weighted by molar-refractivity contribution is -0.161. The van der Waals surface area contributed by atoms with Crippen molar-refractivity contribution in [3.63, 3.8) is 0 Å². The molecule has 0 saturated carbocycles. The van der Waals surface area contributed by atoms with E-state index in [0.29, 0.717) is 32.1 Å². The van der Waals surface area contributed by atoms with Crippen molar-refractivity contribution in [1.29, 1.82) is 0 Å². The number of phosphoric acid groups is 2. The zero-order valence-electron chi connectivity index (χ0n) is 64.3. The second kappa shape index (κ2) is 75.0. The number of ether oxygens (including phenoxy) is 4. The van der Waals surface area contributed by atoms with Gasteiger partial charge in [0.1, 0.15) is 19.3 Å². The third-order valence-corrected chi connectivity index (χ3v) is 18.6. The number of unbranched alkanes of at least 4 members (excludes halogenated alkanes) is 31. The first kappa shape index (κ1) is 97.7. The quantitative estimate of drug-likeness (QED) is 0.0169. The van der Waals surface area contributed by atoms with Crippen LogP contribution in [0.25, 0.3) is 0 Å². The van der Waals surface area contributed by atoms with E-state index >= 15 is 0 Å². The topological polar surface area (TPSA) is 237 Å². The summed E-state index contributed by atoms with van der Waals surface area (Å²) in [6.07, 6.45) is 80.8. The predicted molar refractivity (Wildman–Crippen MR) is 418 cm³/mol. The summed E-state index contributed by atoms with van der Waals surface area (Å²) in [5.74, 6) is -2.28. The van der Waals surface area contributed by atoms with Crippen LogP contribution in [0.2, 0.25) is 0 Å². The molecule has 5 atom stereocenters. The van der Waals surface area contributed by atoms with Crippen LogP contribution in [0.4, 0.5) is 0 Å². The molecule has 0 bridgehead atoms.